The first-order valence-corrected chi connectivity index (χ1v) is 7.68. The number of likely N-dealkylation sites (N-methyl/N-ethyl adjacent to an activating group) is 1. The molecule has 0 bridgehead atoms. The zero-order chi connectivity index (χ0) is 16.7. The van der Waals surface area contributed by atoms with E-state index in [1.165, 1.54) is 12.0 Å². The van der Waals surface area contributed by atoms with Gasteiger partial charge >= 0.3 is 0 Å². The van der Waals surface area contributed by atoms with Gasteiger partial charge in [0.15, 0.2) is 11.5 Å². The van der Waals surface area contributed by atoms with Crippen LogP contribution in [0.4, 0.5) is 0 Å². The highest BCUT2D eigenvalue weighted by Gasteiger charge is 2.16. The van der Waals surface area contributed by atoms with Crippen LogP contribution in [0.2, 0.25) is 0 Å². The van der Waals surface area contributed by atoms with E-state index in [2.05, 4.69) is 21.2 Å². The first-order chi connectivity index (χ1) is 10.4. The van der Waals surface area contributed by atoms with Crippen LogP contribution in [0.25, 0.3) is 0 Å². The summed E-state index contributed by atoms with van der Waals surface area (Å²) in [6.45, 7) is 2.50. The minimum absolute atomic E-state index is 0.0557. The van der Waals surface area contributed by atoms with Crippen LogP contribution >= 0.6 is 15.9 Å². The van der Waals surface area contributed by atoms with Crippen molar-refractivity contribution in [1.82, 2.24) is 10.2 Å². The lowest BCUT2D eigenvalue weighted by atomic mass is 10.2. The minimum Gasteiger partial charge on any atom is -0.493 e. The maximum atomic E-state index is 12.1. The van der Waals surface area contributed by atoms with Gasteiger partial charge in [-0.05, 0) is 34.5 Å². The van der Waals surface area contributed by atoms with Crippen molar-refractivity contribution in [3.63, 3.8) is 0 Å². The maximum absolute atomic E-state index is 12.1. The monoisotopic (exact) mass is 372 g/mol. The second kappa shape index (κ2) is 8.63. The molecule has 0 aromatic heterocycles. The number of rotatable bonds is 7. The van der Waals surface area contributed by atoms with E-state index in [-0.39, 0.29) is 18.4 Å². The van der Waals surface area contributed by atoms with Gasteiger partial charge in [-0.1, -0.05) is 6.92 Å². The lowest BCUT2D eigenvalue weighted by molar-refractivity contribution is -0.127. The van der Waals surface area contributed by atoms with E-state index in [1.54, 1.807) is 26.2 Å². The molecule has 0 radical (unpaired) electrons. The molecule has 0 atom stereocenters. The summed E-state index contributed by atoms with van der Waals surface area (Å²) in [5.41, 5.74) is 0.388. The second-order valence-electron chi connectivity index (χ2n) is 4.81. The Kier molecular flexibility index (Phi) is 7.17. The van der Waals surface area contributed by atoms with Gasteiger partial charge < -0.3 is 19.7 Å². The van der Waals surface area contributed by atoms with Crippen LogP contribution in [0, 0.1) is 0 Å². The molecule has 6 nitrogen and oxygen atoms in total. The van der Waals surface area contributed by atoms with E-state index in [4.69, 9.17) is 9.47 Å². The van der Waals surface area contributed by atoms with Gasteiger partial charge in [-0.15, -0.1) is 0 Å². The van der Waals surface area contributed by atoms with Crippen molar-refractivity contribution in [3.05, 3.63) is 22.2 Å². The van der Waals surface area contributed by atoms with Crippen LogP contribution in [0.3, 0.4) is 0 Å². The lowest BCUT2D eigenvalue weighted by Crippen LogP contribution is -2.36. The van der Waals surface area contributed by atoms with Gasteiger partial charge in [0.05, 0.1) is 24.7 Å². The summed E-state index contributed by atoms with van der Waals surface area (Å²) in [4.78, 5) is 25.0. The fourth-order valence-corrected chi connectivity index (χ4v) is 2.17. The molecule has 2 amide bonds. The summed E-state index contributed by atoms with van der Waals surface area (Å²) in [5, 5.41) is 2.57. The largest absolute Gasteiger partial charge is 0.493 e. The molecule has 1 aromatic carbocycles. The van der Waals surface area contributed by atoms with Gasteiger partial charge in [0.1, 0.15) is 0 Å². The average Bonchev–Trinajstić information content (AvgIpc) is 2.50. The third kappa shape index (κ3) is 4.91. The number of hydrogen-bond acceptors (Lipinski definition) is 4. The Morgan fingerprint density at radius 3 is 2.55 bits per heavy atom. The number of halogens is 1. The molecular weight excluding hydrogens is 352 g/mol. The predicted molar refractivity (Wildman–Crippen MR) is 87.5 cm³/mol. The molecule has 22 heavy (non-hydrogen) atoms. The first-order valence-electron chi connectivity index (χ1n) is 6.89. The molecule has 1 aromatic rings. The fraction of sp³-hybridized carbons (Fsp3) is 0.467. The van der Waals surface area contributed by atoms with Crippen molar-refractivity contribution in [3.8, 4) is 11.5 Å². The summed E-state index contributed by atoms with van der Waals surface area (Å²) < 4.78 is 11.5. The number of carbonyl (C=O) groups is 2. The highest BCUT2D eigenvalue weighted by molar-refractivity contribution is 9.10. The Morgan fingerprint density at radius 2 is 2.00 bits per heavy atom. The Bertz CT molecular complexity index is 547. The molecule has 0 saturated carbocycles. The molecule has 1 N–H and O–H groups in total. The van der Waals surface area contributed by atoms with Crippen molar-refractivity contribution < 1.29 is 19.1 Å². The van der Waals surface area contributed by atoms with Gasteiger partial charge in [-0.25, -0.2) is 0 Å². The summed E-state index contributed by atoms with van der Waals surface area (Å²) in [5.74, 6) is 0.496. The molecular formula is C15H21BrN2O4. The highest BCUT2D eigenvalue weighted by Crippen LogP contribution is 2.36. The van der Waals surface area contributed by atoms with Crippen LogP contribution < -0.4 is 14.8 Å². The van der Waals surface area contributed by atoms with Gasteiger partial charge in [0.2, 0.25) is 5.91 Å². The van der Waals surface area contributed by atoms with E-state index < -0.39 is 0 Å². The third-order valence-corrected chi connectivity index (χ3v) is 3.43. The van der Waals surface area contributed by atoms with Crippen LogP contribution in [0.5, 0.6) is 11.5 Å². The number of carbonyl (C=O) groups excluding carboxylic acids is 2. The molecule has 0 heterocycles. The van der Waals surface area contributed by atoms with Crippen LogP contribution in [-0.2, 0) is 4.79 Å². The van der Waals surface area contributed by atoms with Crippen molar-refractivity contribution in [2.24, 2.45) is 0 Å². The number of nitrogens with zero attached hydrogens (tertiary/aromatic N) is 1. The zero-order valence-electron chi connectivity index (χ0n) is 13.2. The molecule has 0 spiro atoms. The maximum Gasteiger partial charge on any atom is 0.251 e. The van der Waals surface area contributed by atoms with Gasteiger partial charge in [-0.2, -0.15) is 0 Å². The summed E-state index contributed by atoms with van der Waals surface area (Å²) in [7, 11) is 4.78. The number of methoxy groups -OCH3 is 1. The van der Waals surface area contributed by atoms with Gasteiger partial charge in [0.25, 0.3) is 5.91 Å². The topological polar surface area (TPSA) is 67.9 Å². The smallest absolute Gasteiger partial charge is 0.251 e. The Balaban J connectivity index is 2.89. The Hall–Kier alpha value is -1.76. The number of ether oxygens (including phenoxy) is 2. The quantitative estimate of drug-likeness (QED) is 0.795. The fourth-order valence-electron chi connectivity index (χ4n) is 1.61. The molecule has 0 aliphatic heterocycles. The number of amides is 2. The molecule has 0 aliphatic carbocycles. The molecule has 0 saturated heterocycles. The summed E-state index contributed by atoms with van der Waals surface area (Å²) in [6.07, 6.45) is 0.866. The minimum atomic E-state index is -0.351. The normalized spacial score (nSPS) is 10.0. The first kappa shape index (κ1) is 18.3. The van der Waals surface area contributed by atoms with Crippen LogP contribution in [0.1, 0.15) is 23.7 Å². The number of benzene rings is 1. The molecule has 0 unspecified atom stereocenters. The molecule has 1 rings (SSSR count). The second-order valence-corrected chi connectivity index (χ2v) is 5.66. The van der Waals surface area contributed by atoms with E-state index >= 15 is 0 Å². The van der Waals surface area contributed by atoms with E-state index in [0.717, 1.165) is 6.42 Å². The summed E-state index contributed by atoms with van der Waals surface area (Å²) >= 11 is 3.38. The van der Waals surface area contributed by atoms with E-state index in [1.807, 2.05) is 6.92 Å². The Morgan fingerprint density at radius 1 is 1.32 bits per heavy atom. The Labute approximate surface area is 138 Å². The third-order valence-electron chi connectivity index (χ3n) is 2.84. The molecule has 0 fully saturated rings. The zero-order valence-corrected chi connectivity index (χ0v) is 14.8. The van der Waals surface area contributed by atoms with Gasteiger partial charge in [0, 0.05) is 19.7 Å². The van der Waals surface area contributed by atoms with Crippen LogP contribution in [0.15, 0.2) is 16.6 Å². The predicted octanol–water partition coefficient (Wildman–Crippen LogP) is 2.06. The number of nitrogens with one attached hydrogen (secondary N) is 1. The van der Waals surface area contributed by atoms with Crippen molar-refractivity contribution >= 4 is 27.7 Å². The van der Waals surface area contributed by atoms with Crippen LogP contribution in [-0.4, -0.2) is 51.1 Å². The van der Waals surface area contributed by atoms with Crippen molar-refractivity contribution in [1.29, 1.82) is 0 Å². The van der Waals surface area contributed by atoms with E-state index in [9.17, 15) is 9.59 Å². The molecule has 0 aliphatic rings. The van der Waals surface area contributed by atoms with Crippen molar-refractivity contribution in [2.75, 3.05) is 34.4 Å². The summed E-state index contributed by atoms with van der Waals surface area (Å²) in [6, 6.07) is 3.23. The molecule has 122 valence electrons. The average molecular weight is 373 g/mol. The van der Waals surface area contributed by atoms with Crippen molar-refractivity contribution in [2.45, 2.75) is 13.3 Å². The lowest BCUT2D eigenvalue weighted by Gasteiger charge is -2.14. The molecule has 7 heteroatoms. The standard InChI is InChI=1S/C15H21BrN2O4/c1-5-6-22-14-11(16)7-10(8-12(14)21-4)15(20)17-9-13(19)18(2)3/h7-8H,5-6,9H2,1-4H3,(H,17,20). The van der Waals surface area contributed by atoms with E-state index in [0.29, 0.717) is 28.1 Å². The van der Waals surface area contributed by atoms with Gasteiger partial charge in [-0.3, -0.25) is 9.59 Å². The SMILES string of the molecule is CCCOc1c(Br)cc(C(=O)NCC(=O)N(C)C)cc1OC. The highest BCUT2D eigenvalue weighted by atomic mass is 79.9. The number of hydrogen-bond donors (Lipinski definition) is 1.